The van der Waals surface area contributed by atoms with Gasteiger partial charge in [-0.25, -0.2) is 4.39 Å². The first-order chi connectivity index (χ1) is 11.5. The van der Waals surface area contributed by atoms with E-state index in [2.05, 4.69) is 4.90 Å². The van der Waals surface area contributed by atoms with Gasteiger partial charge in [0.2, 0.25) is 0 Å². The van der Waals surface area contributed by atoms with E-state index >= 15 is 0 Å². The van der Waals surface area contributed by atoms with Crippen molar-refractivity contribution in [2.45, 2.75) is 32.1 Å². The van der Waals surface area contributed by atoms with Gasteiger partial charge < -0.3 is 9.80 Å². The fourth-order valence-corrected chi connectivity index (χ4v) is 4.57. The molecule has 2 saturated heterocycles. The normalized spacial score (nSPS) is 27.8. The molecule has 24 heavy (non-hydrogen) atoms. The van der Waals surface area contributed by atoms with Crippen LogP contribution in [0.25, 0.3) is 0 Å². The molecule has 0 unspecified atom stereocenters. The fraction of sp³-hybridized carbons (Fsp3) is 0.632. The SMILES string of the molecule is O=C(c1ccc(F)c(Cl)c1)N1CC[C@@]2(CCCN(CC3CC3)C2)C1. The van der Waals surface area contributed by atoms with Crippen LogP contribution in [0.4, 0.5) is 4.39 Å². The van der Waals surface area contributed by atoms with Crippen molar-refractivity contribution >= 4 is 17.5 Å². The summed E-state index contributed by atoms with van der Waals surface area (Å²) in [5.74, 6) is 0.419. The van der Waals surface area contributed by atoms with E-state index in [0.717, 1.165) is 32.0 Å². The number of carbonyl (C=O) groups excluding carboxylic acids is 1. The number of carbonyl (C=O) groups is 1. The summed E-state index contributed by atoms with van der Waals surface area (Å²) in [5, 5.41) is 0.0167. The van der Waals surface area contributed by atoms with E-state index in [9.17, 15) is 9.18 Å². The summed E-state index contributed by atoms with van der Waals surface area (Å²) in [5.41, 5.74) is 0.746. The van der Waals surface area contributed by atoms with Crippen molar-refractivity contribution in [1.82, 2.24) is 9.80 Å². The zero-order chi connectivity index (χ0) is 16.7. The van der Waals surface area contributed by atoms with Crippen LogP contribution >= 0.6 is 11.6 Å². The van der Waals surface area contributed by atoms with Crippen LogP contribution in [0.2, 0.25) is 5.02 Å². The molecule has 2 heterocycles. The summed E-state index contributed by atoms with van der Waals surface area (Å²) < 4.78 is 13.3. The second-order valence-corrected chi connectivity index (χ2v) is 8.29. The molecule has 3 fully saturated rings. The van der Waals surface area contributed by atoms with Gasteiger partial charge >= 0.3 is 0 Å². The van der Waals surface area contributed by atoms with Crippen LogP contribution in [0.5, 0.6) is 0 Å². The van der Waals surface area contributed by atoms with Crippen molar-refractivity contribution in [1.29, 1.82) is 0 Å². The lowest BCUT2D eigenvalue weighted by Gasteiger charge is -2.40. The van der Waals surface area contributed by atoms with Gasteiger partial charge in [-0.15, -0.1) is 0 Å². The molecule has 1 aromatic carbocycles. The minimum absolute atomic E-state index is 0.0167. The summed E-state index contributed by atoms with van der Waals surface area (Å²) in [6.45, 7) is 5.19. The molecule has 3 nitrogen and oxygen atoms in total. The lowest BCUT2D eigenvalue weighted by Crippen LogP contribution is -2.46. The van der Waals surface area contributed by atoms with Crippen LogP contribution in [0.15, 0.2) is 18.2 Å². The second-order valence-electron chi connectivity index (χ2n) is 7.89. The number of amides is 1. The third-order valence-electron chi connectivity index (χ3n) is 5.85. The third-order valence-corrected chi connectivity index (χ3v) is 6.14. The first kappa shape index (κ1) is 16.3. The van der Waals surface area contributed by atoms with E-state index in [0.29, 0.717) is 5.56 Å². The number of nitrogens with zero attached hydrogens (tertiary/aromatic N) is 2. The molecule has 4 rings (SSSR count). The molecule has 1 amide bonds. The first-order valence-corrected chi connectivity index (χ1v) is 9.39. The van der Waals surface area contributed by atoms with Gasteiger partial charge in [-0.1, -0.05) is 11.6 Å². The fourth-order valence-electron chi connectivity index (χ4n) is 4.38. The van der Waals surface area contributed by atoms with E-state index < -0.39 is 5.82 Å². The average molecular weight is 351 g/mol. The Kier molecular flexibility index (Phi) is 4.29. The number of benzene rings is 1. The minimum Gasteiger partial charge on any atom is -0.338 e. The zero-order valence-electron chi connectivity index (χ0n) is 13.9. The predicted octanol–water partition coefficient (Wildman–Crippen LogP) is 3.82. The van der Waals surface area contributed by atoms with Gasteiger partial charge in [0.25, 0.3) is 5.91 Å². The molecule has 1 saturated carbocycles. The number of halogens is 2. The van der Waals surface area contributed by atoms with Crippen LogP contribution in [-0.2, 0) is 0 Å². The minimum atomic E-state index is -0.478. The number of rotatable bonds is 3. The highest BCUT2D eigenvalue weighted by atomic mass is 35.5. The molecule has 130 valence electrons. The molecule has 5 heteroatoms. The van der Waals surface area contributed by atoms with Crippen LogP contribution in [0.1, 0.15) is 42.5 Å². The van der Waals surface area contributed by atoms with E-state index in [1.807, 2.05) is 4.90 Å². The molecule has 1 aromatic rings. The molecule has 0 aromatic heterocycles. The number of hydrogen-bond donors (Lipinski definition) is 0. The molecular weight excluding hydrogens is 327 g/mol. The standard InChI is InChI=1S/C19H24ClFN2O/c20-16-10-15(4-5-17(16)21)18(24)23-9-7-19(13-23)6-1-8-22(12-19)11-14-2-3-14/h4-5,10,14H,1-3,6-9,11-13H2/t19-/m1/s1. The Bertz CT molecular complexity index is 648. The summed E-state index contributed by atoms with van der Waals surface area (Å²) >= 11 is 5.83. The monoisotopic (exact) mass is 350 g/mol. The van der Waals surface area contributed by atoms with Crippen molar-refractivity contribution < 1.29 is 9.18 Å². The molecule has 3 aliphatic rings. The van der Waals surface area contributed by atoms with Crippen molar-refractivity contribution in [2.24, 2.45) is 11.3 Å². The molecule has 0 bridgehead atoms. The molecule has 0 radical (unpaired) electrons. The Hall–Kier alpha value is -1.13. The van der Waals surface area contributed by atoms with E-state index in [1.54, 1.807) is 0 Å². The van der Waals surface area contributed by atoms with Gasteiger partial charge in [0.15, 0.2) is 0 Å². The van der Waals surface area contributed by atoms with Gasteiger partial charge in [-0.05, 0) is 62.8 Å². The molecule has 1 atom stereocenters. The van der Waals surface area contributed by atoms with E-state index in [1.165, 1.54) is 57.0 Å². The molecule has 0 N–H and O–H groups in total. The highest BCUT2D eigenvalue weighted by Crippen LogP contribution is 2.41. The Morgan fingerprint density at radius 2 is 2.08 bits per heavy atom. The van der Waals surface area contributed by atoms with Gasteiger partial charge in [0.1, 0.15) is 5.82 Å². The molecular formula is C19H24ClFN2O. The highest BCUT2D eigenvalue weighted by Gasteiger charge is 2.43. The topological polar surface area (TPSA) is 23.6 Å². The Morgan fingerprint density at radius 1 is 1.25 bits per heavy atom. The summed E-state index contributed by atoms with van der Waals surface area (Å²) in [4.78, 5) is 17.3. The van der Waals surface area contributed by atoms with Crippen LogP contribution in [0, 0.1) is 17.2 Å². The van der Waals surface area contributed by atoms with Crippen LogP contribution < -0.4 is 0 Å². The Balaban J connectivity index is 1.43. The number of piperidine rings is 1. The zero-order valence-corrected chi connectivity index (χ0v) is 14.7. The summed E-state index contributed by atoms with van der Waals surface area (Å²) in [6.07, 6.45) is 6.30. The van der Waals surface area contributed by atoms with Gasteiger partial charge in [-0.2, -0.15) is 0 Å². The number of hydrogen-bond acceptors (Lipinski definition) is 2. The highest BCUT2D eigenvalue weighted by molar-refractivity contribution is 6.31. The van der Waals surface area contributed by atoms with Crippen molar-refractivity contribution in [3.05, 3.63) is 34.6 Å². The van der Waals surface area contributed by atoms with Gasteiger partial charge in [-0.3, -0.25) is 4.79 Å². The molecule has 2 aliphatic heterocycles. The average Bonchev–Trinajstić information content (AvgIpc) is 3.29. The van der Waals surface area contributed by atoms with E-state index in [-0.39, 0.29) is 16.3 Å². The van der Waals surface area contributed by atoms with Crippen molar-refractivity contribution in [3.8, 4) is 0 Å². The lowest BCUT2D eigenvalue weighted by molar-refractivity contribution is 0.0681. The molecule has 1 spiro atoms. The number of likely N-dealkylation sites (tertiary alicyclic amines) is 2. The van der Waals surface area contributed by atoms with E-state index in [4.69, 9.17) is 11.6 Å². The first-order valence-electron chi connectivity index (χ1n) is 9.01. The van der Waals surface area contributed by atoms with Gasteiger partial charge in [0, 0.05) is 37.2 Å². The maximum absolute atomic E-state index is 13.3. The Labute approximate surface area is 147 Å². The van der Waals surface area contributed by atoms with Crippen molar-refractivity contribution in [3.63, 3.8) is 0 Å². The molecule has 1 aliphatic carbocycles. The van der Waals surface area contributed by atoms with Crippen molar-refractivity contribution in [2.75, 3.05) is 32.7 Å². The Morgan fingerprint density at radius 3 is 2.83 bits per heavy atom. The third kappa shape index (κ3) is 3.31. The summed E-state index contributed by atoms with van der Waals surface area (Å²) in [7, 11) is 0. The predicted molar refractivity (Wildman–Crippen MR) is 92.8 cm³/mol. The van der Waals surface area contributed by atoms with Crippen LogP contribution in [-0.4, -0.2) is 48.4 Å². The lowest BCUT2D eigenvalue weighted by atomic mass is 9.79. The smallest absolute Gasteiger partial charge is 0.253 e. The van der Waals surface area contributed by atoms with Gasteiger partial charge in [0.05, 0.1) is 5.02 Å². The van der Waals surface area contributed by atoms with Crippen LogP contribution in [0.3, 0.4) is 0 Å². The maximum Gasteiger partial charge on any atom is 0.253 e. The second kappa shape index (κ2) is 6.30. The maximum atomic E-state index is 13.3. The largest absolute Gasteiger partial charge is 0.338 e. The quantitative estimate of drug-likeness (QED) is 0.827. The summed E-state index contributed by atoms with van der Waals surface area (Å²) in [6, 6.07) is 4.26.